The molecule has 0 saturated heterocycles. The lowest BCUT2D eigenvalue weighted by molar-refractivity contribution is -0.121. The van der Waals surface area contributed by atoms with Crippen LogP contribution in [0.1, 0.15) is 24.2 Å². The first-order valence-corrected chi connectivity index (χ1v) is 8.79. The maximum atomic E-state index is 12.7. The smallest absolute Gasteiger partial charge is 0.253 e. The lowest BCUT2D eigenvalue weighted by Crippen LogP contribution is -2.52. The molecule has 0 unspecified atom stereocenters. The van der Waals surface area contributed by atoms with E-state index >= 15 is 0 Å². The largest absolute Gasteiger partial charge is 0.338 e. The van der Waals surface area contributed by atoms with E-state index < -0.39 is 17.4 Å². The molecule has 0 bridgehead atoms. The lowest BCUT2D eigenvalue weighted by atomic mass is 10.0. The van der Waals surface area contributed by atoms with Crippen molar-refractivity contribution in [2.45, 2.75) is 19.4 Å². The molecule has 2 aromatic heterocycles. The number of aromatic nitrogens is 5. The third-order valence-electron chi connectivity index (χ3n) is 3.63. The number of hydrogen-bond acceptors (Lipinski definition) is 6. The van der Waals surface area contributed by atoms with Gasteiger partial charge in [-0.25, -0.2) is 9.97 Å². The summed E-state index contributed by atoms with van der Waals surface area (Å²) in [6, 6.07) is 6.08. The summed E-state index contributed by atoms with van der Waals surface area (Å²) < 4.78 is 1.27. The number of nitrogens with one attached hydrogen (secondary N) is 2. The molecule has 144 valence electrons. The van der Waals surface area contributed by atoms with Crippen LogP contribution in [0.2, 0.25) is 10.0 Å². The highest BCUT2D eigenvalue weighted by atomic mass is 35.5. The van der Waals surface area contributed by atoms with Gasteiger partial charge in [0.05, 0.1) is 0 Å². The van der Waals surface area contributed by atoms with Crippen molar-refractivity contribution >= 4 is 41.0 Å². The van der Waals surface area contributed by atoms with E-state index in [0.29, 0.717) is 10.0 Å². The number of amides is 2. The average molecular weight is 420 g/mol. The molecule has 0 aliphatic rings. The predicted molar refractivity (Wildman–Crippen MR) is 104 cm³/mol. The third-order valence-corrected chi connectivity index (χ3v) is 4.07. The van der Waals surface area contributed by atoms with E-state index in [-0.39, 0.29) is 17.5 Å². The molecular weight excluding hydrogens is 405 g/mol. The zero-order valence-electron chi connectivity index (χ0n) is 14.8. The van der Waals surface area contributed by atoms with Crippen LogP contribution < -0.4 is 10.6 Å². The van der Waals surface area contributed by atoms with Crippen LogP contribution in [0.4, 0.5) is 5.95 Å². The molecule has 2 N–H and O–H groups in total. The summed E-state index contributed by atoms with van der Waals surface area (Å²) in [5.41, 5.74) is -1.04. The number of anilines is 1. The zero-order valence-corrected chi connectivity index (χ0v) is 16.4. The van der Waals surface area contributed by atoms with Gasteiger partial charge in [-0.1, -0.05) is 23.2 Å². The van der Waals surface area contributed by atoms with E-state index in [1.165, 1.54) is 41.6 Å². The molecule has 3 aromatic rings. The molecule has 2 heterocycles. The molecule has 3 rings (SSSR count). The maximum Gasteiger partial charge on any atom is 0.253 e. The Kier molecular flexibility index (Phi) is 5.57. The second-order valence-corrected chi connectivity index (χ2v) is 7.11. The van der Waals surface area contributed by atoms with Crippen LogP contribution in [0, 0.1) is 0 Å². The van der Waals surface area contributed by atoms with Gasteiger partial charge in [0.2, 0.25) is 5.95 Å². The van der Waals surface area contributed by atoms with Crippen LogP contribution in [-0.4, -0.2) is 42.1 Å². The Morgan fingerprint density at radius 3 is 2.32 bits per heavy atom. The van der Waals surface area contributed by atoms with E-state index in [1.807, 2.05) is 0 Å². The van der Waals surface area contributed by atoms with Crippen molar-refractivity contribution in [2.24, 2.45) is 0 Å². The monoisotopic (exact) mass is 419 g/mol. The minimum absolute atomic E-state index is 0.115. The van der Waals surface area contributed by atoms with Gasteiger partial charge in [0.15, 0.2) is 0 Å². The second-order valence-electron chi connectivity index (χ2n) is 6.24. The Balaban J connectivity index is 1.75. The number of rotatable bonds is 5. The van der Waals surface area contributed by atoms with E-state index in [2.05, 4.69) is 30.7 Å². The summed E-state index contributed by atoms with van der Waals surface area (Å²) in [5.74, 6) is -0.661. The first-order valence-electron chi connectivity index (χ1n) is 8.04. The highest BCUT2D eigenvalue weighted by Crippen LogP contribution is 2.20. The molecule has 0 aliphatic carbocycles. The molecule has 0 aliphatic heterocycles. The average Bonchev–Trinajstić information content (AvgIpc) is 3.09. The van der Waals surface area contributed by atoms with Crippen LogP contribution in [0.15, 0.2) is 43.0 Å². The Morgan fingerprint density at radius 2 is 1.68 bits per heavy atom. The Morgan fingerprint density at radius 1 is 1.04 bits per heavy atom. The number of nitrogens with zero attached hydrogens (tertiary/aromatic N) is 5. The van der Waals surface area contributed by atoms with Crippen LogP contribution >= 0.6 is 23.2 Å². The van der Waals surface area contributed by atoms with E-state index in [9.17, 15) is 9.59 Å². The van der Waals surface area contributed by atoms with Crippen LogP contribution in [0.3, 0.4) is 0 Å². The van der Waals surface area contributed by atoms with Gasteiger partial charge in [-0.05, 0) is 38.1 Å². The SMILES string of the molecule is CC(C)(NC(=O)c1cc(Cl)cc(Cl)c1)C(=O)Nc1ncnn1-c1ncccn1. The first-order chi connectivity index (χ1) is 13.3. The number of carbonyl (C=O) groups is 2. The summed E-state index contributed by atoms with van der Waals surface area (Å²) in [4.78, 5) is 37.3. The van der Waals surface area contributed by atoms with Crippen molar-refractivity contribution in [3.63, 3.8) is 0 Å². The predicted octanol–water partition coefficient (Wildman–Crippen LogP) is 2.51. The molecule has 0 saturated carbocycles. The van der Waals surface area contributed by atoms with Crippen molar-refractivity contribution in [3.8, 4) is 5.95 Å². The van der Waals surface area contributed by atoms with Crippen LogP contribution in [-0.2, 0) is 4.79 Å². The molecule has 0 radical (unpaired) electrons. The molecule has 0 spiro atoms. The van der Waals surface area contributed by atoms with Gasteiger partial charge in [-0.3, -0.25) is 14.9 Å². The van der Waals surface area contributed by atoms with Gasteiger partial charge < -0.3 is 5.32 Å². The van der Waals surface area contributed by atoms with Crippen LogP contribution in [0.5, 0.6) is 0 Å². The van der Waals surface area contributed by atoms with Crippen molar-refractivity contribution in [3.05, 3.63) is 58.6 Å². The van der Waals surface area contributed by atoms with Crippen LogP contribution in [0.25, 0.3) is 5.95 Å². The minimum Gasteiger partial charge on any atom is -0.338 e. The van der Waals surface area contributed by atoms with Crippen molar-refractivity contribution < 1.29 is 9.59 Å². The summed E-state index contributed by atoms with van der Waals surface area (Å²) in [6.07, 6.45) is 4.33. The Hall–Kier alpha value is -3.04. The van der Waals surface area contributed by atoms with Gasteiger partial charge in [-0.2, -0.15) is 14.8 Å². The highest BCUT2D eigenvalue weighted by Gasteiger charge is 2.31. The topological polar surface area (TPSA) is 115 Å². The van der Waals surface area contributed by atoms with Gasteiger partial charge in [0.25, 0.3) is 17.8 Å². The van der Waals surface area contributed by atoms with Crippen molar-refractivity contribution in [2.75, 3.05) is 5.32 Å². The minimum atomic E-state index is -1.28. The Bertz CT molecular complexity index is 1000. The fourth-order valence-electron chi connectivity index (χ4n) is 2.23. The number of carbonyl (C=O) groups excluding carboxylic acids is 2. The lowest BCUT2D eigenvalue weighted by Gasteiger charge is -2.25. The molecule has 1 aromatic carbocycles. The van der Waals surface area contributed by atoms with Crippen molar-refractivity contribution in [1.82, 2.24) is 30.0 Å². The molecule has 28 heavy (non-hydrogen) atoms. The van der Waals surface area contributed by atoms with E-state index in [1.54, 1.807) is 19.9 Å². The molecule has 0 atom stereocenters. The molecule has 0 fully saturated rings. The maximum absolute atomic E-state index is 12.7. The second kappa shape index (κ2) is 7.91. The van der Waals surface area contributed by atoms with Gasteiger partial charge in [0, 0.05) is 28.0 Å². The standard InChI is InChI=1S/C17H15Cl2N7O2/c1-17(2,25-13(27)10-6-11(18)8-12(19)7-10)14(28)24-16-22-9-23-26(16)15-20-4-3-5-21-15/h3-9H,1-2H3,(H,25,27)(H,22,23,24,28). The number of benzene rings is 1. The first kappa shape index (κ1) is 19.7. The normalized spacial score (nSPS) is 11.1. The van der Waals surface area contributed by atoms with E-state index in [4.69, 9.17) is 23.2 Å². The molecule has 11 heteroatoms. The van der Waals surface area contributed by atoms with E-state index in [0.717, 1.165) is 0 Å². The summed E-state index contributed by atoms with van der Waals surface area (Å²) in [6.45, 7) is 3.10. The number of halogens is 2. The van der Waals surface area contributed by atoms with Gasteiger partial charge in [-0.15, -0.1) is 0 Å². The fraction of sp³-hybridized carbons (Fsp3) is 0.176. The van der Waals surface area contributed by atoms with Gasteiger partial charge in [0.1, 0.15) is 11.9 Å². The van der Waals surface area contributed by atoms with Crippen molar-refractivity contribution in [1.29, 1.82) is 0 Å². The molecule has 2 amide bonds. The summed E-state index contributed by atoms with van der Waals surface area (Å²) in [5, 5.41) is 9.88. The third kappa shape index (κ3) is 4.44. The quantitative estimate of drug-likeness (QED) is 0.656. The molecular formula is C17H15Cl2N7O2. The fourth-order valence-corrected chi connectivity index (χ4v) is 2.76. The Labute approximate surface area is 170 Å². The zero-order chi connectivity index (χ0) is 20.3. The summed E-state index contributed by atoms with van der Waals surface area (Å²) >= 11 is 11.8. The summed E-state index contributed by atoms with van der Waals surface area (Å²) in [7, 11) is 0. The molecule has 9 nitrogen and oxygen atoms in total. The van der Waals surface area contributed by atoms with Gasteiger partial charge >= 0.3 is 0 Å². The highest BCUT2D eigenvalue weighted by molar-refractivity contribution is 6.35. The number of hydrogen-bond donors (Lipinski definition) is 2.